The van der Waals surface area contributed by atoms with Gasteiger partial charge in [0.1, 0.15) is 0 Å². The van der Waals surface area contributed by atoms with Crippen LogP contribution in [0.2, 0.25) is 6.04 Å². The van der Waals surface area contributed by atoms with Gasteiger partial charge in [0.05, 0.1) is 0 Å². The second-order valence-electron chi connectivity index (χ2n) is 8.73. The molecule has 0 aromatic rings. The van der Waals surface area contributed by atoms with Crippen LogP contribution in [0.3, 0.4) is 0 Å². The van der Waals surface area contributed by atoms with Crippen LogP contribution in [-0.4, -0.2) is 6.00 Å². The topological polar surface area (TPSA) is 0 Å². The third-order valence-electron chi connectivity index (χ3n) is 5.52. The van der Waals surface area contributed by atoms with Gasteiger partial charge in [0.15, 0.2) is 0 Å². The molecule has 0 fully saturated rings. The molecular weight excluding hydrogens is 435 g/mol. The summed E-state index contributed by atoms with van der Waals surface area (Å²) in [7, 11) is 0. The fourth-order valence-corrected chi connectivity index (χ4v) is 5.40. The van der Waals surface area contributed by atoms with Gasteiger partial charge in [0.2, 0.25) is 0 Å². The van der Waals surface area contributed by atoms with Crippen molar-refractivity contribution in [3.63, 3.8) is 0 Å². The van der Waals surface area contributed by atoms with Crippen molar-refractivity contribution in [1.82, 2.24) is 0 Å². The van der Waals surface area contributed by atoms with Crippen molar-refractivity contribution in [2.24, 2.45) is 0 Å². The van der Waals surface area contributed by atoms with E-state index in [0.717, 1.165) is 12.5 Å². The highest BCUT2D eigenvalue weighted by Crippen LogP contribution is 2.27. The van der Waals surface area contributed by atoms with Crippen molar-refractivity contribution in [3.05, 3.63) is 0 Å². The highest BCUT2D eigenvalue weighted by atomic mass is 35.8. The van der Waals surface area contributed by atoms with Gasteiger partial charge in [-0.3, -0.25) is 0 Å². The molecule has 0 aliphatic rings. The standard InChI is InChI=1S/C18H37Cl3Si.C7H16/c1-2-3-4-5-6-7-8-9-10-11-12-13-14-15-16-17-18-22(19,20)21;1-3-5-7-6-4-2/h2-18H2,1H3;3-7H2,1-2H3. The lowest BCUT2D eigenvalue weighted by molar-refractivity contribution is 0.531. The Hall–Kier alpha value is 1.09. The Labute approximate surface area is 200 Å². The predicted octanol–water partition coefficient (Wildman–Crippen LogP) is 11.9. The van der Waals surface area contributed by atoms with Crippen molar-refractivity contribution in [3.8, 4) is 0 Å². The Balaban J connectivity index is 0. The molecular formula is C25H53Cl3Si. The number of unbranched alkanes of at least 4 members (excludes halogenated alkanes) is 19. The SMILES string of the molecule is CCCCCCC.CCCCCCCCCCCCCCCCCC[Si](Cl)(Cl)Cl. The Morgan fingerprint density at radius 1 is 0.345 bits per heavy atom. The van der Waals surface area contributed by atoms with Gasteiger partial charge in [-0.05, 0) is 6.04 Å². The molecule has 0 saturated carbocycles. The molecule has 0 rings (SSSR count). The number of halogens is 3. The molecule has 0 aliphatic carbocycles. The van der Waals surface area contributed by atoms with Crippen LogP contribution in [0.15, 0.2) is 0 Å². The van der Waals surface area contributed by atoms with Crippen LogP contribution in [0.25, 0.3) is 0 Å². The van der Waals surface area contributed by atoms with E-state index in [-0.39, 0.29) is 0 Å². The minimum atomic E-state index is -2.35. The molecule has 0 aromatic carbocycles. The van der Waals surface area contributed by atoms with Gasteiger partial charge < -0.3 is 0 Å². The lowest BCUT2D eigenvalue weighted by Crippen LogP contribution is -2.07. The molecule has 178 valence electrons. The highest BCUT2D eigenvalue weighted by Gasteiger charge is 2.23. The summed E-state index contributed by atoms with van der Waals surface area (Å²) in [6.07, 6.45) is 29.2. The van der Waals surface area contributed by atoms with E-state index in [1.165, 1.54) is 128 Å². The first kappa shape index (κ1) is 32.3. The van der Waals surface area contributed by atoms with E-state index in [1.54, 1.807) is 0 Å². The first-order valence-electron chi connectivity index (χ1n) is 13.0. The first-order chi connectivity index (χ1) is 14.0. The fourth-order valence-electron chi connectivity index (χ4n) is 3.55. The summed E-state index contributed by atoms with van der Waals surface area (Å²) in [4.78, 5) is 0. The smallest absolute Gasteiger partial charge is 0.126 e. The maximum absolute atomic E-state index is 5.87. The van der Waals surface area contributed by atoms with E-state index in [1.807, 2.05) is 0 Å². The molecule has 0 nitrogen and oxygen atoms in total. The molecule has 0 radical (unpaired) electrons. The van der Waals surface area contributed by atoms with Crippen LogP contribution in [-0.2, 0) is 0 Å². The van der Waals surface area contributed by atoms with Crippen LogP contribution in [0.5, 0.6) is 0 Å². The van der Waals surface area contributed by atoms with Gasteiger partial charge in [-0.15, -0.1) is 33.2 Å². The molecule has 0 unspecified atom stereocenters. The molecule has 0 heterocycles. The molecule has 0 atom stereocenters. The second-order valence-corrected chi connectivity index (χ2v) is 18.0. The Morgan fingerprint density at radius 3 is 0.793 bits per heavy atom. The predicted molar refractivity (Wildman–Crippen MR) is 142 cm³/mol. The molecule has 4 heteroatoms. The Kier molecular flexibility index (Phi) is 30.2. The molecule has 29 heavy (non-hydrogen) atoms. The minimum absolute atomic E-state index is 0.829. The van der Waals surface area contributed by atoms with E-state index in [0.29, 0.717) is 0 Å². The largest absolute Gasteiger partial charge is 0.341 e. The summed E-state index contributed by atoms with van der Waals surface area (Å²) in [5.41, 5.74) is 0. The van der Waals surface area contributed by atoms with Gasteiger partial charge in [-0.2, -0.15) is 0 Å². The van der Waals surface area contributed by atoms with Crippen LogP contribution >= 0.6 is 33.2 Å². The third-order valence-corrected chi connectivity index (χ3v) is 8.14. The average molecular weight is 488 g/mol. The summed E-state index contributed by atoms with van der Waals surface area (Å²) in [5, 5.41) is 0. The van der Waals surface area contributed by atoms with Crippen LogP contribution in [0.1, 0.15) is 156 Å². The summed E-state index contributed by atoms with van der Waals surface area (Å²) in [6.45, 7) is 6.77. The van der Waals surface area contributed by atoms with E-state index < -0.39 is 6.00 Å². The zero-order valence-corrected chi connectivity index (χ0v) is 23.5. The molecule has 0 saturated heterocycles. The molecule has 0 amide bonds. The number of hydrogen-bond acceptors (Lipinski definition) is 0. The normalized spacial score (nSPS) is 11.4. The average Bonchev–Trinajstić information content (AvgIpc) is 2.68. The van der Waals surface area contributed by atoms with E-state index in [9.17, 15) is 0 Å². The summed E-state index contributed by atoms with van der Waals surface area (Å²) in [5.74, 6) is 0. The van der Waals surface area contributed by atoms with Gasteiger partial charge in [-0.25, -0.2) is 0 Å². The summed E-state index contributed by atoms with van der Waals surface area (Å²) < 4.78 is 0. The van der Waals surface area contributed by atoms with Crippen molar-refractivity contribution < 1.29 is 0 Å². The molecule has 0 aliphatic heterocycles. The lowest BCUT2D eigenvalue weighted by atomic mass is 10.0. The lowest BCUT2D eigenvalue weighted by Gasteiger charge is -2.07. The minimum Gasteiger partial charge on any atom is -0.126 e. The number of hydrogen-bond donors (Lipinski definition) is 0. The van der Waals surface area contributed by atoms with Gasteiger partial charge >= 0.3 is 6.00 Å². The number of rotatable bonds is 21. The highest BCUT2D eigenvalue weighted by molar-refractivity contribution is 7.64. The third kappa shape index (κ3) is 36.8. The zero-order chi connectivity index (χ0) is 22.1. The first-order valence-corrected chi connectivity index (χ1v) is 18.3. The summed E-state index contributed by atoms with van der Waals surface area (Å²) >= 11 is 17.6. The van der Waals surface area contributed by atoms with Gasteiger partial charge in [-0.1, -0.05) is 156 Å². The van der Waals surface area contributed by atoms with Crippen molar-refractivity contribution in [2.75, 3.05) is 0 Å². The van der Waals surface area contributed by atoms with E-state index in [4.69, 9.17) is 33.2 Å². The molecule has 0 bridgehead atoms. The quantitative estimate of drug-likeness (QED) is 0.0857. The molecule has 0 N–H and O–H groups in total. The maximum Gasteiger partial charge on any atom is 0.341 e. The molecule has 0 spiro atoms. The van der Waals surface area contributed by atoms with E-state index >= 15 is 0 Å². The zero-order valence-electron chi connectivity index (χ0n) is 20.2. The Bertz CT molecular complexity index is 276. The van der Waals surface area contributed by atoms with Crippen molar-refractivity contribution in [1.29, 1.82) is 0 Å². The summed E-state index contributed by atoms with van der Waals surface area (Å²) in [6, 6.07) is -1.52. The maximum atomic E-state index is 5.87. The van der Waals surface area contributed by atoms with Gasteiger partial charge in [0.25, 0.3) is 0 Å². The monoisotopic (exact) mass is 486 g/mol. The molecule has 0 aromatic heterocycles. The Morgan fingerprint density at radius 2 is 0.552 bits per heavy atom. The van der Waals surface area contributed by atoms with E-state index in [2.05, 4.69) is 20.8 Å². The van der Waals surface area contributed by atoms with Crippen LogP contribution in [0.4, 0.5) is 0 Å². The van der Waals surface area contributed by atoms with Gasteiger partial charge in [0, 0.05) is 0 Å². The fraction of sp³-hybridized carbons (Fsp3) is 1.00. The van der Waals surface area contributed by atoms with Crippen molar-refractivity contribution in [2.45, 2.75) is 162 Å². The van der Waals surface area contributed by atoms with Crippen LogP contribution < -0.4 is 0 Å². The van der Waals surface area contributed by atoms with Crippen LogP contribution in [0, 0.1) is 0 Å². The van der Waals surface area contributed by atoms with Crippen molar-refractivity contribution >= 4 is 39.2 Å². The second kappa shape index (κ2) is 27.1.